The smallest absolute Gasteiger partial charge is 0.234 e. The third-order valence-corrected chi connectivity index (χ3v) is 4.01. The zero-order valence-electron chi connectivity index (χ0n) is 12.4. The van der Waals surface area contributed by atoms with Crippen molar-refractivity contribution in [2.45, 2.75) is 52.5 Å². The number of rotatable bonds is 9. The number of nitrogens with zero attached hydrogens (tertiary/aromatic N) is 1. The van der Waals surface area contributed by atoms with Gasteiger partial charge in [-0.2, -0.15) is 11.8 Å². The van der Waals surface area contributed by atoms with Crippen LogP contribution in [0.2, 0.25) is 0 Å². The molecule has 112 valence electrons. The topological polar surface area (TPSA) is 87.7 Å². The number of carbonyl (C=O) groups is 1. The maximum Gasteiger partial charge on any atom is 0.234 e. The highest BCUT2D eigenvalue weighted by molar-refractivity contribution is 7.98. The van der Waals surface area contributed by atoms with E-state index in [4.69, 9.17) is 10.9 Å². The predicted molar refractivity (Wildman–Crippen MR) is 81.6 cm³/mol. The summed E-state index contributed by atoms with van der Waals surface area (Å²) in [5.41, 5.74) is 4.92. The molecule has 0 saturated carbocycles. The Balaban J connectivity index is 5.14. The van der Waals surface area contributed by atoms with Gasteiger partial charge in [-0.15, -0.1) is 0 Å². The number of amidine groups is 1. The fourth-order valence-electron chi connectivity index (χ4n) is 2.33. The van der Waals surface area contributed by atoms with E-state index >= 15 is 0 Å². The Morgan fingerprint density at radius 2 is 1.95 bits per heavy atom. The first-order valence-corrected chi connectivity index (χ1v) is 8.15. The summed E-state index contributed by atoms with van der Waals surface area (Å²) in [5, 5.41) is 15.1. The molecule has 0 aliphatic heterocycles. The van der Waals surface area contributed by atoms with Crippen LogP contribution in [-0.4, -0.2) is 35.0 Å². The molecule has 4 N–H and O–H groups in total. The lowest BCUT2D eigenvalue weighted by Gasteiger charge is -2.32. The summed E-state index contributed by atoms with van der Waals surface area (Å²) in [5.74, 6) is 0.731. The minimum Gasteiger partial charge on any atom is -0.409 e. The van der Waals surface area contributed by atoms with E-state index in [0.717, 1.165) is 18.6 Å². The zero-order valence-corrected chi connectivity index (χ0v) is 13.2. The number of nitrogens with one attached hydrogen (secondary N) is 1. The van der Waals surface area contributed by atoms with Gasteiger partial charge in [0.15, 0.2) is 5.84 Å². The normalized spacial score (nSPS) is 14.2. The van der Waals surface area contributed by atoms with Crippen molar-refractivity contribution in [2.75, 3.05) is 12.0 Å². The maximum atomic E-state index is 12.5. The van der Waals surface area contributed by atoms with Crippen molar-refractivity contribution in [1.29, 1.82) is 0 Å². The molecular weight excluding hydrogens is 262 g/mol. The van der Waals surface area contributed by atoms with Gasteiger partial charge in [-0.1, -0.05) is 31.8 Å². The molecule has 0 rings (SSSR count). The minimum atomic E-state index is -0.884. The third kappa shape index (κ3) is 4.93. The first kappa shape index (κ1) is 18.1. The van der Waals surface area contributed by atoms with Crippen molar-refractivity contribution in [2.24, 2.45) is 16.3 Å². The molecule has 0 aliphatic rings. The fourth-order valence-corrected chi connectivity index (χ4v) is 2.91. The van der Waals surface area contributed by atoms with Gasteiger partial charge in [0.1, 0.15) is 5.41 Å². The van der Waals surface area contributed by atoms with E-state index in [1.807, 2.05) is 27.0 Å². The van der Waals surface area contributed by atoms with Crippen LogP contribution in [0.5, 0.6) is 0 Å². The van der Waals surface area contributed by atoms with Crippen LogP contribution in [0.25, 0.3) is 0 Å². The van der Waals surface area contributed by atoms with Gasteiger partial charge >= 0.3 is 0 Å². The Morgan fingerprint density at radius 3 is 2.32 bits per heavy atom. The van der Waals surface area contributed by atoms with E-state index < -0.39 is 5.41 Å². The van der Waals surface area contributed by atoms with E-state index in [9.17, 15) is 4.79 Å². The second-order valence-corrected chi connectivity index (χ2v) is 5.81. The summed E-state index contributed by atoms with van der Waals surface area (Å²) >= 11 is 1.68. The molecule has 0 bridgehead atoms. The van der Waals surface area contributed by atoms with Crippen LogP contribution in [0.4, 0.5) is 0 Å². The molecule has 1 amide bonds. The highest BCUT2D eigenvalue weighted by Gasteiger charge is 2.41. The van der Waals surface area contributed by atoms with Crippen LogP contribution in [0.1, 0.15) is 46.5 Å². The lowest BCUT2D eigenvalue weighted by molar-refractivity contribution is -0.128. The summed E-state index contributed by atoms with van der Waals surface area (Å²) in [6.07, 6.45) is 4.79. The summed E-state index contributed by atoms with van der Waals surface area (Å²) < 4.78 is 0. The van der Waals surface area contributed by atoms with Crippen LogP contribution in [0.3, 0.4) is 0 Å². The highest BCUT2D eigenvalue weighted by atomic mass is 32.2. The average molecular weight is 289 g/mol. The molecule has 1 unspecified atom stereocenters. The van der Waals surface area contributed by atoms with Gasteiger partial charge in [-0.05, 0) is 26.0 Å². The zero-order chi connectivity index (χ0) is 14.9. The summed E-state index contributed by atoms with van der Waals surface area (Å²) in [6.45, 7) is 5.95. The molecule has 0 aromatic heterocycles. The predicted octanol–water partition coefficient (Wildman–Crippen LogP) is 2.19. The van der Waals surface area contributed by atoms with Gasteiger partial charge in [0.25, 0.3) is 0 Å². The molecule has 0 radical (unpaired) electrons. The van der Waals surface area contributed by atoms with Crippen molar-refractivity contribution < 1.29 is 10.0 Å². The Bertz CT molecular complexity index is 302. The van der Waals surface area contributed by atoms with Gasteiger partial charge in [0, 0.05) is 11.8 Å². The first-order chi connectivity index (χ1) is 8.98. The number of amides is 1. The van der Waals surface area contributed by atoms with Gasteiger partial charge in [0.05, 0.1) is 0 Å². The van der Waals surface area contributed by atoms with Gasteiger partial charge in [0.2, 0.25) is 5.91 Å². The van der Waals surface area contributed by atoms with Crippen LogP contribution < -0.4 is 11.1 Å². The van der Waals surface area contributed by atoms with Gasteiger partial charge in [-0.25, -0.2) is 0 Å². The lowest BCUT2D eigenvalue weighted by atomic mass is 9.77. The average Bonchev–Trinajstić information content (AvgIpc) is 2.37. The molecule has 0 spiro atoms. The number of thioether (sulfide) groups is 1. The second kappa shape index (κ2) is 9.07. The first-order valence-electron chi connectivity index (χ1n) is 6.76. The van der Waals surface area contributed by atoms with E-state index in [1.54, 1.807) is 11.8 Å². The van der Waals surface area contributed by atoms with Crippen LogP contribution in [-0.2, 0) is 4.79 Å². The third-order valence-electron chi connectivity index (χ3n) is 3.18. The van der Waals surface area contributed by atoms with E-state index in [0.29, 0.717) is 12.8 Å². The van der Waals surface area contributed by atoms with E-state index in [2.05, 4.69) is 10.5 Å². The van der Waals surface area contributed by atoms with Crippen molar-refractivity contribution in [3.8, 4) is 0 Å². The molecule has 0 saturated heterocycles. The molecule has 19 heavy (non-hydrogen) atoms. The van der Waals surface area contributed by atoms with Crippen molar-refractivity contribution >= 4 is 23.5 Å². The molecule has 0 heterocycles. The monoisotopic (exact) mass is 289 g/mol. The molecule has 0 aromatic carbocycles. The number of hydrogen-bond acceptors (Lipinski definition) is 4. The molecule has 6 heteroatoms. The van der Waals surface area contributed by atoms with Crippen molar-refractivity contribution in [1.82, 2.24) is 5.32 Å². The molecular formula is C13H27N3O2S. The Kier molecular flexibility index (Phi) is 8.63. The largest absolute Gasteiger partial charge is 0.409 e. The fraction of sp³-hybridized carbons (Fsp3) is 0.846. The van der Waals surface area contributed by atoms with Crippen LogP contribution in [0, 0.1) is 5.41 Å². The minimum absolute atomic E-state index is 0.0186. The highest BCUT2D eigenvalue weighted by Crippen LogP contribution is 2.31. The lowest BCUT2D eigenvalue weighted by Crippen LogP contribution is -2.52. The second-order valence-electron chi connectivity index (χ2n) is 4.90. The molecule has 0 aromatic rings. The summed E-state index contributed by atoms with van der Waals surface area (Å²) in [4.78, 5) is 12.5. The van der Waals surface area contributed by atoms with Crippen molar-refractivity contribution in [3.05, 3.63) is 0 Å². The van der Waals surface area contributed by atoms with Crippen LogP contribution in [0.15, 0.2) is 5.16 Å². The SMILES string of the molecule is CCCC(CCC)(C(=O)NC(C)CSC)C(N)=NO. The Labute approximate surface area is 120 Å². The Hall–Kier alpha value is -0.910. The molecule has 0 aliphatic carbocycles. The number of oxime groups is 1. The van der Waals surface area contributed by atoms with E-state index in [-0.39, 0.29) is 17.8 Å². The molecule has 1 atom stereocenters. The summed E-state index contributed by atoms with van der Waals surface area (Å²) in [7, 11) is 0. The standard InChI is InChI=1S/C13H27N3O2S/c1-5-7-13(8-6-2,11(14)16-18)12(17)15-10(3)9-19-4/h10,18H,5-9H2,1-4H3,(H2,14,16)(H,15,17). The molecule has 5 nitrogen and oxygen atoms in total. The maximum absolute atomic E-state index is 12.5. The number of nitrogens with two attached hydrogens (primary N) is 1. The number of hydrogen-bond donors (Lipinski definition) is 3. The van der Waals surface area contributed by atoms with Crippen molar-refractivity contribution in [3.63, 3.8) is 0 Å². The quantitative estimate of drug-likeness (QED) is 0.263. The van der Waals surface area contributed by atoms with Crippen LogP contribution >= 0.6 is 11.8 Å². The molecule has 0 fully saturated rings. The Morgan fingerprint density at radius 1 is 1.42 bits per heavy atom. The summed E-state index contributed by atoms with van der Waals surface area (Å²) in [6, 6.07) is 0.0714. The van der Waals surface area contributed by atoms with E-state index in [1.165, 1.54) is 0 Å². The van der Waals surface area contributed by atoms with Gasteiger partial charge < -0.3 is 16.3 Å². The van der Waals surface area contributed by atoms with Gasteiger partial charge in [-0.3, -0.25) is 4.79 Å². The number of carbonyl (C=O) groups excluding carboxylic acids is 1.